The van der Waals surface area contributed by atoms with Gasteiger partial charge in [-0.05, 0) is 44.2 Å². The third-order valence-electron chi connectivity index (χ3n) is 3.92. The van der Waals surface area contributed by atoms with Crippen LogP contribution in [0.1, 0.15) is 21.7 Å². The van der Waals surface area contributed by atoms with Gasteiger partial charge in [0.1, 0.15) is 22.8 Å². The lowest BCUT2D eigenvalue weighted by molar-refractivity contribution is 0.102. The van der Waals surface area contributed by atoms with Crippen molar-refractivity contribution in [2.75, 3.05) is 19.5 Å². The molecule has 0 aliphatic heterocycles. The van der Waals surface area contributed by atoms with Crippen molar-refractivity contribution in [1.29, 1.82) is 0 Å². The van der Waals surface area contributed by atoms with E-state index in [-0.39, 0.29) is 11.9 Å². The molecule has 3 rings (SSSR count). The van der Waals surface area contributed by atoms with E-state index in [0.29, 0.717) is 28.5 Å². The number of nitrogens with one attached hydrogen (secondary N) is 1. The Bertz CT molecular complexity index is 962. The fraction of sp³-hybridized carbons (Fsp3) is 0.190. The second-order valence-corrected chi connectivity index (χ2v) is 6.05. The Morgan fingerprint density at radius 3 is 2.11 bits per heavy atom. The molecule has 0 aliphatic rings. The van der Waals surface area contributed by atoms with Crippen LogP contribution >= 0.6 is 0 Å². The van der Waals surface area contributed by atoms with Gasteiger partial charge in [-0.15, -0.1) is 0 Å². The van der Waals surface area contributed by atoms with Crippen molar-refractivity contribution in [3.05, 3.63) is 65.5 Å². The van der Waals surface area contributed by atoms with E-state index in [2.05, 4.69) is 15.3 Å². The summed E-state index contributed by atoms with van der Waals surface area (Å²) in [7, 11) is 3.01. The summed E-state index contributed by atoms with van der Waals surface area (Å²) >= 11 is 0. The molecule has 7 nitrogen and oxygen atoms in total. The van der Waals surface area contributed by atoms with Gasteiger partial charge >= 0.3 is 6.01 Å². The maximum absolute atomic E-state index is 12.8. The number of aryl methyl sites for hydroxylation is 2. The second kappa shape index (κ2) is 8.39. The topological polar surface area (TPSA) is 82.6 Å². The van der Waals surface area contributed by atoms with Crippen LogP contribution in [-0.2, 0) is 0 Å². The molecule has 0 bridgehead atoms. The van der Waals surface area contributed by atoms with Crippen molar-refractivity contribution < 1.29 is 19.0 Å². The van der Waals surface area contributed by atoms with Crippen molar-refractivity contribution >= 4 is 11.6 Å². The van der Waals surface area contributed by atoms with E-state index in [0.717, 1.165) is 11.4 Å². The molecule has 7 heteroatoms. The first kappa shape index (κ1) is 19.2. The van der Waals surface area contributed by atoms with Crippen LogP contribution in [0.3, 0.4) is 0 Å². The molecule has 1 aromatic heterocycles. The maximum atomic E-state index is 12.8. The Labute approximate surface area is 163 Å². The molecule has 2 aromatic carbocycles. The van der Waals surface area contributed by atoms with Crippen LogP contribution in [0.2, 0.25) is 0 Å². The van der Waals surface area contributed by atoms with Gasteiger partial charge < -0.3 is 19.5 Å². The monoisotopic (exact) mass is 379 g/mol. The summed E-state index contributed by atoms with van der Waals surface area (Å²) < 4.78 is 16.3. The highest BCUT2D eigenvalue weighted by Crippen LogP contribution is 2.30. The van der Waals surface area contributed by atoms with Crippen LogP contribution in [0, 0.1) is 13.8 Å². The number of anilines is 1. The van der Waals surface area contributed by atoms with E-state index in [1.807, 2.05) is 19.9 Å². The summed E-state index contributed by atoms with van der Waals surface area (Å²) in [5.41, 5.74) is 2.50. The first-order valence-corrected chi connectivity index (χ1v) is 8.62. The van der Waals surface area contributed by atoms with Gasteiger partial charge in [-0.1, -0.05) is 12.1 Å². The van der Waals surface area contributed by atoms with Crippen molar-refractivity contribution in [3.8, 4) is 23.3 Å². The minimum Gasteiger partial charge on any atom is -0.496 e. The van der Waals surface area contributed by atoms with Gasteiger partial charge in [0.25, 0.3) is 5.91 Å². The number of rotatable bonds is 6. The number of aromatic nitrogens is 2. The number of carbonyl (C=O) groups excluding carboxylic acids is 1. The number of benzene rings is 2. The van der Waals surface area contributed by atoms with Crippen LogP contribution in [0.25, 0.3) is 0 Å². The lowest BCUT2D eigenvalue weighted by Crippen LogP contribution is -2.14. The van der Waals surface area contributed by atoms with E-state index in [4.69, 9.17) is 14.2 Å². The third-order valence-corrected chi connectivity index (χ3v) is 3.92. The Balaban J connectivity index is 1.82. The molecule has 144 valence electrons. The van der Waals surface area contributed by atoms with E-state index in [9.17, 15) is 4.79 Å². The van der Waals surface area contributed by atoms with Crippen molar-refractivity contribution in [3.63, 3.8) is 0 Å². The zero-order chi connectivity index (χ0) is 20.1. The number of amides is 1. The highest BCUT2D eigenvalue weighted by atomic mass is 16.5. The van der Waals surface area contributed by atoms with E-state index in [1.54, 1.807) is 42.5 Å². The standard InChI is InChI=1S/C21H21N3O4/c1-13-11-14(2)23-21(22-13)28-16-8-5-7-15(12-16)24-20(25)19-17(26-3)9-6-10-18(19)27-4/h5-12H,1-4H3,(H,24,25). The molecule has 1 amide bonds. The Morgan fingerprint density at radius 2 is 1.50 bits per heavy atom. The van der Waals surface area contributed by atoms with E-state index in [1.165, 1.54) is 14.2 Å². The number of nitrogens with zero attached hydrogens (tertiary/aromatic N) is 2. The number of carbonyl (C=O) groups is 1. The molecule has 0 fully saturated rings. The molecule has 0 saturated heterocycles. The quantitative estimate of drug-likeness (QED) is 0.693. The number of methoxy groups -OCH3 is 2. The largest absolute Gasteiger partial charge is 0.496 e. The van der Waals surface area contributed by atoms with Crippen LogP contribution in [-0.4, -0.2) is 30.1 Å². The van der Waals surface area contributed by atoms with Gasteiger partial charge in [0.2, 0.25) is 0 Å². The fourth-order valence-corrected chi connectivity index (χ4v) is 2.75. The maximum Gasteiger partial charge on any atom is 0.322 e. The number of ether oxygens (including phenoxy) is 3. The summed E-state index contributed by atoms with van der Waals surface area (Å²) in [5, 5.41) is 2.84. The Kier molecular flexibility index (Phi) is 5.74. The third kappa shape index (κ3) is 4.37. The fourth-order valence-electron chi connectivity index (χ4n) is 2.75. The molecule has 0 unspecified atom stereocenters. The SMILES string of the molecule is COc1cccc(OC)c1C(=O)Nc1cccc(Oc2nc(C)cc(C)n2)c1. The number of hydrogen-bond acceptors (Lipinski definition) is 6. The molecule has 0 spiro atoms. The predicted molar refractivity (Wildman–Crippen MR) is 106 cm³/mol. The first-order valence-electron chi connectivity index (χ1n) is 8.62. The minimum absolute atomic E-state index is 0.257. The molecule has 0 atom stereocenters. The van der Waals surface area contributed by atoms with Crippen LogP contribution < -0.4 is 19.5 Å². The smallest absolute Gasteiger partial charge is 0.322 e. The molecule has 28 heavy (non-hydrogen) atoms. The first-order chi connectivity index (χ1) is 13.5. The lowest BCUT2D eigenvalue weighted by atomic mass is 10.1. The molecular formula is C21H21N3O4. The average Bonchev–Trinajstić information content (AvgIpc) is 2.66. The molecule has 0 aliphatic carbocycles. The van der Waals surface area contributed by atoms with Gasteiger partial charge in [-0.25, -0.2) is 9.97 Å². The molecule has 3 aromatic rings. The van der Waals surface area contributed by atoms with Gasteiger partial charge in [0, 0.05) is 23.1 Å². The van der Waals surface area contributed by atoms with Crippen molar-refractivity contribution in [2.45, 2.75) is 13.8 Å². The van der Waals surface area contributed by atoms with Gasteiger partial charge in [-0.3, -0.25) is 4.79 Å². The zero-order valence-corrected chi connectivity index (χ0v) is 16.1. The molecule has 0 radical (unpaired) electrons. The summed E-state index contributed by atoms with van der Waals surface area (Å²) in [6, 6.07) is 14.3. The molecular weight excluding hydrogens is 358 g/mol. The predicted octanol–water partition coefficient (Wildman–Crippen LogP) is 4.16. The highest BCUT2D eigenvalue weighted by Gasteiger charge is 2.18. The normalized spacial score (nSPS) is 10.3. The molecule has 0 saturated carbocycles. The highest BCUT2D eigenvalue weighted by molar-refractivity contribution is 6.08. The van der Waals surface area contributed by atoms with Crippen molar-refractivity contribution in [1.82, 2.24) is 9.97 Å². The van der Waals surface area contributed by atoms with Crippen LogP contribution in [0.15, 0.2) is 48.5 Å². The van der Waals surface area contributed by atoms with Crippen molar-refractivity contribution in [2.24, 2.45) is 0 Å². The van der Waals surface area contributed by atoms with E-state index >= 15 is 0 Å². The number of hydrogen-bond donors (Lipinski definition) is 1. The second-order valence-electron chi connectivity index (χ2n) is 6.05. The zero-order valence-electron chi connectivity index (χ0n) is 16.1. The summed E-state index contributed by atoms with van der Waals surface area (Å²) in [4.78, 5) is 21.3. The van der Waals surface area contributed by atoms with Gasteiger partial charge in [0.05, 0.1) is 14.2 Å². The molecule has 1 heterocycles. The van der Waals surface area contributed by atoms with E-state index < -0.39 is 0 Å². The van der Waals surface area contributed by atoms with Crippen LogP contribution in [0.4, 0.5) is 5.69 Å². The molecule has 1 N–H and O–H groups in total. The lowest BCUT2D eigenvalue weighted by Gasteiger charge is -2.13. The Hall–Kier alpha value is -3.61. The van der Waals surface area contributed by atoms with Gasteiger partial charge in [0.15, 0.2) is 0 Å². The summed E-state index contributed by atoms with van der Waals surface area (Å²) in [6.45, 7) is 3.75. The minimum atomic E-state index is -0.353. The van der Waals surface area contributed by atoms with Crippen LogP contribution in [0.5, 0.6) is 23.3 Å². The Morgan fingerprint density at radius 1 is 0.893 bits per heavy atom. The summed E-state index contributed by atoms with van der Waals surface area (Å²) in [5.74, 6) is 1.00. The summed E-state index contributed by atoms with van der Waals surface area (Å²) in [6.07, 6.45) is 0. The average molecular weight is 379 g/mol. The van der Waals surface area contributed by atoms with Gasteiger partial charge in [-0.2, -0.15) is 0 Å².